The third kappa shape index (κ3) is 3.78. The molecule has 6 nitrogen and oxygen atoms in total. The van der Waals surface area contributed by atoms with Crippen molar-refractivity contribution in [1.82, 2.24) is 14.9 Å². The quantitative estimate of drug-likeness (QED) is 0.936. The zero-order chi connectivity index (χ0) is 16.2. The smallest absolute Gasteiger partial charge is 0.274 e. The molecule has 0 spiro atoms. The van der Waals surface area contributed by atoms with E-state index in [1.165, 1.54) is 6.20 Å². The van der Waals surface area contributed by atoms with Crippen molar-refractivity contribution in [1.29, 1.82) is 0 Å². The third-order valence-corrected chi connectivity index (χ3v) is 3.86. The topological polar surface area (TPSA) is 67.4 Å². The summed E-state index contributed by atoms with van der Waals surface area (Å²) >= 11 is 5.94. The van der Waals surface area contributed by atoms with Crippen molar-refractivity contribution in [2.75, 3.05) is 31.6 Å². The summed E-state index contributed by atoms with van der Waals surface area (Å²) in [5, 5.41) is 3.85. The van der Waals surface area contributed by atoms with E-state index in [1.54, 1.807) is 17.2 Å². The molecule has 7 heteroatoms. The molecule has 1 N–H and O–H groups in total. The van der Waals surface area contributed by atoms with Crippen LogP contribution in [0.15, 0.2) is 30.6 Å². The summed E-state index contributed by atoms with van der Waals surface area (Å²) in [6.07, 6.45) is 3.05. The number of carbonyl (C=O) groups excluding carboxylic acids is 1. The number of nitrogens with one attached hydrogen (secondary N) is 1. The van der Waals surface area contributed by atoms with Crippen molar-refractivity contribution in [2.45, 2.75) is 6.92 Å². The molecule has 0 atom stereocenters. The number of ether oxygens (including phenoxy) is 1. The Morgan fingerprint density at radius 1 is 1.26 bits per heavy atom. The summed E-state index contributed by atoms with van der Waals surface area (Å²) in [5.41, 5.74) is 2.24. The highest BCUT2D eigenvalue weighted by molar-refractivity contribution is 6.30. The standard InChI is InChI=1S/C16H17ClN4O2/c1-11-8-12(17)2-3-13(11)20-15-10-18-14(9-19-15)16(22)21-4-6-23-7-5-21/h2-3,8-10H,4-7H2,1H3,(H,19,20). The second-order valence-electron chi connectivity index (χ2n) is 5.28. The normalized spacial score (nSPS) is 14.6. The van der Waals surface area contributed by atoms with E-state index >= 15 is 0 Å². The minimum absolute atomic E-state index is 0.116. The molecule has 1 aliphatic heterocycles. The average molecular weight is 333 g/mol. The maximum absolute atomic E-state index is 12.3. The van der Waals surface area contributed by atoms with Gasteiger partial charge in [-0.15, -0.1) is 0 Å². The molecule has 2 aromatic rings. The molecule has 0 saturated carbocycles. The lowest BCUT2D eigenvalue weighted by Gasteiger charge is -2.26. The monoisotopic (exact) mass is 332 g/mol. The molecule has 1 fully saturated rings. The van der Waals surface area contributed by atoms with Gasteiger partial charge in [-0.1, -0.05) is 11.6 Å². The van der Waals surface area contributed by atoms with E-state index in [9.17, 15) is 4.79 Å². The Morgan fingerprint density at radius 3 is 2.70 bits per heavy atom. The van der Waals surface area contributed by atoms with E-state index in [1.807, 2.05) is 19.1 Å². The molecule has 1 aromatic carbocycles. The fourth-order valence-corrected chi connectivity index (χ4v) is 2.56. The Labute approximate surface area is 139 Å². The molecule has 3 rings (SSSR count). The molecule has 23 heavy (non-hydrogen) atoms. The van der Waals surface area contributed by atoms with Gasteiger partial charge in [-0.3, -0.25) is 4.79 Å². The van der Waals surface area contributed by atoms with Gasteiger partial charge in [0.1, 0.15) is 11.5 Å². The van der Waals surface area contributed by atoms with Gasteiger partial charge >= 0.3 is 0 Å². The first-order chi connectivity index (χ1) is 11.1. The number of aromatic nitrogens is 2. The zero-order valence-corrected chi connectivity index (χ0v) is 13.5. The van der Waals surface area contributed by atoms with Crippen LogP contribution in [0.25, 0.3) is 0 Å². The van der Waals surface area contributed by atoms with Crippen molar-refractivity contribution in [2.24, 2.45) is 0 Å². The number of halogens is 1. The highest BCUT2D eigenvalue weighted by atomic mass is 35.5. The number of aryl methyl sites for hydroxylation is 1. The maximum atomic E-state index is 12.3. The van der Waals surface area contributed by atoms with Crippen molar-refractivity contribution in [3.63, 3.8) is 0 Å². The number of hydrogen-bond donors (Lipinski definition) is 1. The van der Waals surface area contributed by atoms with Crippen LogP contribution < -0.4 is 5.32 Å². The lowest BCUT2D eigenvalue weighted by Crippen LogP contribution is -2.41. The minimum Gasteiger partial charge on any atom is -0.378 e. The molecule has 1 saturated heterocycles. The Hall–Kier alpha value is -2.18. The number of amides is 1. The number of morpholine rings is 1. The Kier molecular flexibility index (Phi) is 4.73. The van der Waals surface area contributed by atoms with Crippen molar-refractivity contribution < 1.29 is 9.53 Å². The molecule has 0 bridgehead atoms. The summed E-state index contributed by atoms with van der Waals surface area (Å²) in [7, 11) is 0. The van der Waals surface area contributed by atoms with Crippen LogP contribution in [0.3, 0.4) is 0 Å². The first kappa shape index (κ1) is 15.7. The van der Waals surface area contributed by atoms with Crippen LogP contribution in [-0.4, -0.2) is 47.1 Å². The van der Waals surface area contributed by atoms with Crippen molar-refractivity contribution in [3.05, 3.63) is 46.9 Å². The number of benzene rings is 1. The molecule has 0 radical (unpaired) electrons. The molecule has 120 valence electrons. The predicted molar refractivity (Wildman–Crippen MR) is 88.2 cm³/mol. The van der Waals surface area contributed by atoms with Crippen molar-refractivity contribution in [3.8, 4) is 0 Å². The van der Waals surface area contributed by atoms with E-state index in [2.05, 4.69) is 15.3 Å². The summed E-state index contributed by atoms with van der Waals surface area (Å²) in [6, 6.07) is 5.56. The molecule has 1 aliphatic rings. The fraction of sp³-hybridized carbons (Fsp3) is 0.312. The van der Waals surface area contributed by atoms with Gasteiger partial charge in [0.2, 0.25) is 0 Å². The molecule has 0 unspecified atom stereocenters. The maximum Gasteiger partial charge on any atom is 0.274 e. The number of hydrogen-bond acceptors (Lipinski definition) is 5. The summed E-state index contributed by atoms with van der Waals surface area (Å²) in [6.45, 7) is 4.26. The van der Waals surface area contributed by atoms with Gasteiger partial charge in [0.05, 0.1) is 25.6 Å². The van der Waals surface area contributed by atoms with Crippen LogP contribution >= 0.6 is 11.6 Å². The van der Waals surface area contributed by atoms with Crippen LogP contribution in [0.4, 0.5) is 11.5 Å². The second kappa shape index (κ2) is 6.93. The molecular formula is C16H17ClN4O2. The van der Waals surface area contributed by atoms with Gasteiger partial charge in [-0.2, -0.15) is 0 Å². The predicted octanol–water partition coefficient (Wildman–Crippen LogP) is 2.65. The Morgan fingerprint density at radius 2 is 2.04 bits per heavy atom. The van der Waals surface area contributed by atoms with Crippen LogP contribution in [0.5, 0.6) is 0 Å². The van der Waals surface area contributed by atoms with Gasteiger partial charge in [-0.05, 0) is 30.7 Å². The van der Waals surface area contributed by atoms with Crippen LogP contribution in [0, 0.1) is 6.92 Å². The summed E-state index contributed by atoms with van der Waals surface area (Å²) in [4.78, 5) is 22.5. The first-order valence-corrected chi connectivity index (χ1v) is 7.73. The van der Waals surface area contributed by atoms with Crippen LogP contribution in [-0.2, 0) is 4.74 Å². The van der Waals surface area contributed by atoms with Gasteiger partial charge in [0.25, 0.3) is 5.91 Å². The van der Waals surface area contributed by atoms with E-state index in [0.717, 1.165) is 11.3 Å². The highest BCUT2D eigenvalue weighted by Crippen LogP contribution is 2.22. The van der Waals surface area contributed by atoms with Gasteiger partial charge < -0.3 is 15.0 Å². The van der Waals surface area contributed by atoms with E-state index in [0.29, 0.717) is 42.8 Å². The fourth-order valence-electron chi connectivity index (χ4n) is 2.34. The first-order valence-electron chi connectivity index (χ1n) is 7.36. The molecular weight excluding hydrogens is 316 g/mol. The Bertz CT molecular complexity index is 700. The SMILES string of the molecule is Cc1cc(Cl)ccc1Nc1cnc(C(=O)N2CCOCC2)cn1. The zero-order valence-electron chi connectivity index (χ0n) is 12.8. The lowest BCUT2D eigenvalue weighted by molar-refractivity contribution is 0.0298. The molecule has 1 amide bonds. The largest absolute Gasteiger partial charge is 0.378 e. The van der Waals surface area contributed by atoms with Crippen LogP contribution in [0.1, 0.15) is 16.1 Å². The van der Waals surface area contributed by atoms with Gasteiger partial charge in [0, 0.05) is 23.8 Å². The Balaban J connectivity index is 1.70. The van der Waals surface area contributed by atoms with Gasteiger partial charge in [-0.25, -0.2) is 9.97 Å². The minimum atomic E-state index is -0.116. The number of anilines is 2. The van der Waals surface area contributed by atoms with Crippen LogP contribution in [0.2, 0.25) is 5.02 Å². The number of rotatable bonds is 3. The summed E-state index contributed by atoms with van der Waals surface area (Å²) < 4.78 is 5.24. The third-order valence-electron chi connectivity index (χ3n) is 3.62. The molecule has 1 aromatic heterocycles. The van der Waals surface area contributed by atoms with E-state index in [-0.39, 0.29) is 5.91 Å². The van der Waals surface area contributed by atoms with E-state index < -0.39 is 0 Å². The van der Waals surface area contributed by atoms with E-state index in [4.69, 9.17) is 16.3 Å². The number of nitrogens with zero attached hydrogens (tertiary/aromatic N) is 3. The second-order valence-corrected chi connectivity index (χ2v) is 5.71. The highest BCUT2D eigenvalue weighted by Gasteiger charge is 2.19. The van der Waals surface area contributed by atoms with Gasteiger partial charge in [0.15, 0.2) is 0 Å². The molecule has 2 heterocycles. The average Bonchev–Trinajstić information content (AvgIpc) is 2.58. The van der Waals surface area contributed by atoms with Crippen molar-refractivity contribution >= 4 is 29.0 Å². The summed E-state index contributed by atoms with van der Waals surface area (Å²) in [5.74, 6) is 0.462. The lowest BCUT2D eigenvalue weighted by atomic mass is 10.2. The number of carbonyl (C=O) groups is 1. The molecule has 0 aliphatic carbocycles.